The first-order valence-electron chi connectivity index (χ1n) is 9.73. The van der Waals surface area contributed by atoms with E-state index in [1.807, 2.05) is 18.2 Å². The molecule has 140 valence electrons. The molecule has 1 N–H and O–H groups in total. The number of pyridine rings is 1. The monoisotopic (exact) mass is 361 g/mol. The zero-order chi connectivity index (χ0) is 18.6. The van der Waals surface area contributed by atoms with Crippen LogP contribution < -0.4 is 10.1 Å². The maximum absolute atomic E-state index is 5.27. The van der Waals surface area contributed by atoms with Gasteiger partial charge in [0.15, 0.2) is 0 Å². The van der Waals surface area contributed by atoms with Gasteiger partial charge < -0.3 is 15.0 Å². The van der Waals surface area contributed by atoms with Gasteiger partial charge in [-0.05, 0) is 69.3 Å². The lowest BCUT2D eigenvalue weighted by molar-refractivity contribution is 0.301. The van der Waals surface area contributed by atoms with E-state index in [4.69, 9.17) is 9.72 Å². The van der Waals surface area contributed by atoms with Gasteiger partial charge in [0.25, 0.3) is 0 Å². The Bertz CT molecular complexity index is 907. The summed E-state index contributed by atoms with van der Waals surface area (Å²) >= 11 is 0. The number of anilines is 1. The van der Waals surface area contributed by atoms with Crippen molar-refractivity contribution >= 4 is 16.6 Å². The second-order valence-corrected chi connectivity index (χ2v) is 7.29. The van der Waals surface area contributed by atoms with Gasteiger partial charge in [0.1, 0.15) is 5.75 Å². The van der Waals surface area contributed by atoms with Crippen LogP contribution in [-0.4, -0.2) is 43.2 Å². The molecule has 0 bridgehead atoms. The molecule has 2 heterocycles. The fraction of sp³-hybridized carbons (Fsp3) is 0.348. The third-order valence-corrected chi connectivity index (χ3v) is 5.57. The van der Waals surface area contributed by atoms with Gasteiger partial charge in [0, 0.05) is 29.2 Å². The van der Waals surface area contributed by atoms with Crippen LogP contribution in [0.1, 0.15) is 19.3 Å². The Hall–Kier alpha value is -2.59. The highest BCUT2D eigenvalue weighted by molar-refractivity contribution is 5.93. The van der Waals surface area contributed by atoms with Crippen LogP contribution in [0, 0.1) is 0 Å². The lowest BCUT2D eigenvalue weighted by Crippen LogP contribution is -2.26. The minimum atomic E-state index is 0.701. The Balaban J connectivity index is 1.59. The average Bonchev–Trinajstić information content (AvgIpc) is 3.12. The van der Waals surface area contributed by atoms with Gasteiger partial charge in [-0.2, -0.15) is 0 Å². The number of methoxy groups -OCH3 is 1. The van der Waals surface area contributed by atoms with Crippen molar-refractivity contribution in [2.45, 2.75) is 25.3 Å². The molecule has 0 saturated carbocycles. The third kappa shape index (κ3) is 3.91. The van der Waals surface area contributed by atoms with Crippen molar-refractivity contribution in [2.75, 3.05) is 32.6 Å². The van der Waals surface area contributed by atoms with E-state index in [9.17, 15) is 0 Å². The van der Waals surface area contributed by atoms with E-state index >= 15 is 0 Å². The molecule has 4 rings (SSSR count). The quantitative estimate of drug-likeness (QED) is 0.684. The number of nitrogens with zero attached hydrogens (tertiary/aromatic N) is 2. The fourth-order valence-electron chi connectivity index (χ4n) is 3.95. The van der Waals surface area contributed by atoms with Gasteiger partial charge in [-0.25, -0.2) is 4.98 Å². The first kappa shape index (κ1) is 17.8. The van der Waals surface area contributed by atoms with Crippen LogP contribution in [-0.2, 0) is 0 Å². The molecule has 4 nitrogen and oxygen atoms in total. The Morgan fingerprint density at radius 1 is 1.15 bits per heavy atom. The summed E-state index contributed by atoms with van der Waals surface area (Å²) in [5, 5.41) is 4.85. The van der Waals surface area contributed by atoms with Gasteiger partial charge in [0.2, 0.25) is 0 Å². The largest absolute Gasteiger partial charge is 0.497 e. The van der Waals surface area contributed by atoms with Gasteiger partial charge in [0.05, 0.1) is 18.3 Å². The van der Waals surface area contributed by atoms with Gasteiger partial charge in [-0.3, -0.25) is 0 Å². The topological polar surface area (TPSA) is 37.4 Å². The standard InChI is InChI=1S/C23H27N3O/c1-26-15-5-6-18(26)13-14-24-23-16-22(17-9-11-19(27-2)12-10-17)25-21-8-4-3-7-20(21)23/h3-4,7-12,16,18H,5-6,13-15H2,1-2H3,(H,24,25). The molecule has 1 saturated heterocycles. The first-order valence-corrected chi connectivity index (χ1v) is 9.73. The van der Waals surface area contributed by atoms with E-state index in [0.29, 0.717) is 6.04 Å². The highest BCUT2D eigenvalue weighted by Crippen LogP contribution is 2.29. The number of fused-ring (bicyclic) bond motifs is 1. The van der Waals surface area contributed by atoms with E-state index < -0.39 is 0 Å². The number of ether oxygens (including phenoxy) is 1. The van der Waals surface area contributed by atoms with E-state index in [2.05, 4.69) is 53.7 Å². The summed E-state index contributed by atoms with van der Waals surface area (Å²) in [6.45, 7) is 2.20. The number of aromatic nitrogens is 1. The molecule has 1 atom stereocenters. The van der Waals surface area contributed by atoms with Crippen LogP contribution in [0.4, 0.5) is 5.69 Å². The van der Waals surface area contributed by atoms with Gasteiger partial charge in [-0.1, -0.05) is 18.2 Å². The highest BCUT2D eigenvalue weighted by Gasteiger charge is 2.20. The van der Waals surface area contributed by atoms with Crippen molar-refractivity contribution in [3.63, 3.8) is 0 Å². The predicted molar refractivity (Wildman–Crippen MR) is 112 cm³/mol. The molecule has 0 aliphatic carbocycles. The lowest BCUT2D eigenvalue weighted by Gasteiger charge is -2.20. The number of likely N-dealkylation sites (tertiary alicyclic amines) is 1. The number of para-hydroxylation sites is 1. The minimum absolute atomic E-state index is 0.701. The molecule has 1 aliphatic rings. The van der Waals surface area contributed by atoms with E-state index in [-0.39, 0.29) is 0 Å². The Morgan fingerprint density at radius 2 is 1.96 bits per heavy atom. The second kappa shape index (κ2) is 7.97. The van der Waals surface area contributed by atoms with E-state index in [1.165, 1.54) is 31.2 Å². The first-order chi connectivity index (χ1) is 13.2. The minimum Gasteiger partial charge on any atom is -0.497 e. The molecular weight excluding hydrogens is 334 g/mol. The number of rotatable bonds is 6. The van der Waals surface area contributed by atoms with Crippen molar-refractivity contribution in [3.8, 4) is 17.0 Å². The maximum Gasteiger partial charge on any atom is 0.118 e. The maximum atomic E-state index is 5.27. The molecule has 3 aromatic rings. The molecule has 1 fully saturated rings. The fourth-order valence-corrected chi connectivity index (χ4v) is 3.95. The molecule has 4 heteroatoms. The average molecular weight is 361 g/mol. The van der Waals surface area contributed by atoms with Gasteiger partial charge >= 0.3 is 0 Å². The number of benzene rings is 2. The van der Waals surface area contributed by atoms with Crippen LogP contribution in [0.2, 0.25) is 0 Å². The molecule has 1 aliphatic heterocycles. The SMILES string of the molecule is COc1ccc(-c2cc(NCCC3CCCN3C)c3ccccc3n2)cc1. The van der Waals surface area contributed by atoms with Crippen molar-refractivity contribution in [3.05, 3.63) is 54.6 Å². The van der Waals surface area contributed by atoms with E-state index in [1.54, 1.807) is 7.11 Å². The van der Waals surface area contributed by atoms with Crippen molar-refractivity contribution in [2.24, 2.45) is 0 Å². The summed E-state index contributed by atoms with van der Waals surface area (Å²) in [4.78, 5) is 7.35. The van der Waals surface area contributed by atoms with E-state index in [0.717, 1.165) is 34.8 Å². The summed E-state index contributed by atoms with van der Waals surface area (Å²) in [6.07, 6.45) is 3.80. The summed E-state index contributed by atoms with van der Waals surface area (Å²) in [5.74, 6) is 0.860. The number of hydrogen-bond donors (Lipinski definition) is 1. The Labute approximate surface area is 161 Å². The molecule has 1 aromatic heterocycles. The molecule has 0 radical (unpaired) electrons. The van der Waals surface area contributed by atoms with Crippen LogP contribution in [0.3, 0.4) is 0 Å². The van der Waals surface area contributed by atoms with Crippen molar-refractivity contribution in [1.82, 2.24) is 9.88 Å². The summed E-state index contributed by atoms with van der Waals surface area (Å²) in [7, 11) is 3.92. The normalized spacial score (nSPS) is 17.3. The summed E-state index contributed by atoms with van der Waals surface area (Å²) in [6, 6.07) is 19.3. The highest BCUT2D eigenvalue weighted by atomic mass is 16.5. The second-order valence-electron chi connectivity index (χ2n) is 7.29. The number of hydrogen-bond acceptors (Lipinski definition) is 4. The van der Waals surface area contributed by atoms with Crippen LogP contribution >= 0.6 is 0 Å². The van der Waals surface area contributed by atoms with Crippen molar-refractivity contribution < 1.29 is 4.74 Å². The Kier molecular flexibility index (Phi) is 5.26. The Morgan fingerprint density at radius 3 is 2.70 bits per heavy atom. The zero-order valence-electron chi connectivity index (χ0n) is 16.1. The zero-order valence-corrected chi connectivity index (χ0v) is 16.1. The molecule has 0 spiro atoms. The molecular formula is C23H27N3O. The van der Waals surface area contributed by atoms with Crippen LogP contribution in [0.15, 0.2) is 54.6 Å². The molecule has 2 aromatic carbocycles. The predicted octanol–water partition coefficient (Wildman–Crippen LogP) is 4.81. The summed E-state index contributed by atoms with van der Waals surface area (Å²) in [5.41, 5.74) is 4.26. The van der Waals surface area contributed by atoms with Crippen LogP contribution in [0.25, 0.3) is 22.2 Å². The lowest BCUT2D eigenvalue weighted by atomic mass is 10.1. The van der Waals surface area contributed by atoms with Crippen LogP contribution in [0.5, 0.6) is 5.75 Å². The van der Waals surface area contributed by atoms with Crippen molar-refractivity contribution in [1.29, 1.82) is 0 Å². The third-order valence-electron chi connectivity index (χ3n) is 5.57. The summed E-state index contributed by atoms with van der Waals surface area (Å²) < 4.78 is 5.27. The molecule has 1 unspecified atom stereocenters. The smallest absolute Gasteiger partial charge is 0.118 e. The molecule has 0 amide bonds. The molecule has 27 heavy (non-hydrogen) atoms. The van der Waals surface area contributed by atoms with Gasteiger partial charge in [-0.15, -0.1) is 0 Å². The number of nitrogens with one attached hydrogen (secondary N) is 1.